The van der Waals surface area contributed by atoms with Gasteiger partial charge in [-0.05, 0) is 6.07 Å². The van der Waals surface area contributed by atoms with Gasteiger partial charge in [-0.25, -0.2) is 9.78 Å². The number of ether oxygens (including phenoxy) is 1. The summed E-state index contributed by atoms with van der Waals surface area (Å²) in [7, 11) is 1.26. The molecule has 0 saturated carbocycles. The Morgan fingerprint density at radius 1 is 1.56 bits per heavy atom. The maximum absolute atomic E-state index is 11.4. The second-order valence-electron chi connectivity index (χ2n) is 3.36. The summed E-state index contributed by atoms with van der Waals surface area (Å²) in [4.78, 5) is 25.8. The van der Waals surface area contributed by atoms with E-state index >= 15 is 0 Å². The molecule has 6 heteroatoms. The van der Waals surface area contributed by atoms with E-state index in [1.165, 1.54) is 26.3 Å². The molecule has 6 nitrogen and oxygen atoms in total. The van der Waals surface area contributed by atoms with Gasteiger partial charge in [-0.3, -0.25) is 4.79 Å². The Labute approximate surface area is 105 Å². The first kappa shape index (κ1) is 13.5. The number of hydrogen-bond acceptors (Lipinski definition) is 5. The standard InChI is InChI=1S/C12H13N3O3/c1-8(16)14-5-3-4-9-6-10(12(17)18-2)11(13)15-7-9/h6-7H,5H2,1-2H3,(H2,13,15)(H,14,16). The van der Waals surface area contributed by atoms with Crippen LogP contribution in [0.3, 0.4) is 0 Å². The molecule has 0 aliphatic carbocycles. The van der Waals surface area contributed by atoms with Crippen LogP contribution in [0.4, 0.5) is 5.82 Å². The normalized spacial score (nSPS) is 9.00. The molecule has 1 heterocycles. The molecule has 1 aromatic heterocycles. The molecule has 94 valence electrons. The van der Waals surface area contributed by atoms with Crippen molar-refractivity contribution >= 4 is 17.7 Å². The number of aromatic nitrogens is 1. The van der Waals surface area contributed by atoms with Gasteiger partial charge in [0.15, 0.2) is 0 Å². The van der Waals surface area contributed by atoms with Crippen molar-refractivity contribution in [2.24, 2.45) is 0 Å². The number of nitrogens with one attached hydrogen (secondary N) is 1. The highest BCUT2D eigenvalue weighted by Crippen LogP contribution is 2.11. The van der Waals surface area contributed by atoms with Crippen molar-refractivity contribution in [1.29, 1.82) is 0 Å². The number of anilines is 1. The molecule has 18 heavy (non-hydrogen) atoms. The number of methoxy groups -OCH3 is 1. The quantitative estimate of drug-likeness (QED) is 0.564. The topological polar surface area (TPSA) is 94.3 Å². The summed E-state index contributed by atoms with van der Waals surface area (Å²) in [5.74, 6) is 4.85. The Hall–Kier alpha value is -2.55. The van der Waals surface area contributed by atoms with Gasteiger partial charge in [-0.2, -0.15) is 0 Å². The molecule has 0 radical (unpaired) electrons. The van der Waals surface area contributed by atoms with Crippen LogP contribution in [-0.4, -0.2) is 30.5 Å². The minimum Gasteiger partial charge on any atom is -0.465 e. The van der Waals surface area contributed by atoms with E-state index in [9.17, 15) is 9.59 Å². The molecule has 0 fully saturated rings. The van der Waals surface area contributed by atoms with E-state index in [0.29, 0.717) is 5.56 Å². The summed E-state index contributed by atoms with van der Waals surface area (Å²) < 4.78 is 4.57. The summed E-state index contributed by atoms with van der Waals surface area (Å²) >= 11 is 0. The molecule has 0 bridgehead atoms. The highest BCUT2D eigenvalue weighted by Gasteiger charge is 2.11. The average molecular weight is 247 g/mol. The number of nitrogens with zero attached hydrogens (tertiary/aromatic N) is 1. The van der Waals surface area contributed by atoms with Gasteiger partial charge in [0.1, 0.15) is 11.4 Å². The Morgan fingerprint density at radius 3 is 2.89 bits per heavy atom. The van der Waals surface area contributed by atoms with E-state index in [4.69, 9.17) is 5.73 Å². The van der Waals surface area contributed by atoms with E-state index in [1.807, 2.05) is 0 Å². The largest absolute Gasteiger partial charge is 0.465 e. The molecular weight excluding hydrogens is 234 g/mol. The van der Waals surface area contributed by atoms with Crippen molar-refractivity contribution in [3.05, 3.63) is 23.4 Å². The maximum Gasteiger partial charge on any atom is 0.341 e. The van der Waals surface area contributed by atoms with Crippen molar-refractivity contribution in [2.75, 3.05) is 19.4 Å². The smallest absolute Gasteiger partial charge is 0.341 e. The van der Waals surface area contributed by atoms with Crippen LogP contribution in [0.25, 0.3) is 0 Å². The zero-order chi connectivity index (χ0) is 13.5. The van der Waals surface area contributed by atoms with Gasteiger partial charge in [0.25, 0.3) is 0 Å². The van der Waals surface area contributed by atoms with Crippen LogP contribution >= 0.6 is 0 Å². The SMILES string of the molecule is COC(=O)c1cc(C#CCNC(C)=O)cnc1N. The molecular formula is C12H13N3O3. The van der Waals surface area contributed by atoms with Gasteiger partial charge in [0.05, 0.1) is 13.7 Å². The fourth-order valence-electron chi connectivity index (χ4n) is 1.13. The predicted molar refractivity (Wildman–Crippen MR) is 65.6 cm³/mol. The van der Waals surface area contributed by atoms with Crippen LogP contribution < -0.4 is 11.1 Å². The van der Waals surface area contributed by atoms with E-state index in [-0.39, 0.29) is 23.8 Å². The minimum absolute atomic E-state index is 0.0919. The maximum atomic E-state index is 11.4. The van der Waals surface area contributed by atoms with Gasteiger partial charge in [0, 0.05) is 18.7 Å². The Morgan fingerprint density at radius 2 is 2.28 bits per heavy atom. The van der Waals surface area contributed by atoms with Crippen LogP contribution in [0.1, 0.15) is 22.8 Å². The number of pyridine rings is 1. The Kier molecular flexibility index (Phi) is 4.69. The second kappa shape index (κ2) is 6.25. The average Bonchev–Trinajstić information content (AvgIpc) is 2.35. The van der Waals surface area contributed by atoms with Crippen molar-refractivity contribution < 1.29 is 14.3 Å². The lowest BCUT2D eigenvalue weighted by molar-refractivity contribution is -0.118. The van der Waals surface area contributed by atoms with Crippen LogP contribution in [0.2, 0.25) is 0 Å². The zero-order valence-corrected chi connectivity index (χ0v) is 10.1. The van der Waals surface area contributed by atoms with Crippen LogP contribution in [0.5, 0.6) is 0 Å². The number of nitrogen functional groups attached to an aromatic ring is 1. The first-order chi connectivity index (χ1) is 8.54. The highest BCUT2D eigenvalue weighted by molar-refractivity contribution is 5.94. The van der Waals surface area contributed by atoms with E-state index in [1.54, 1.807) is 0 Å². The van der Waals surface area contributed by atoms with Crippen molar-refractivity contribution in [3.63, 3.8) is 0 Å². The lowest BCUT2D eigenvalue weighted by atomic mass is 10.2. The first-order valence-corrected chi connectivity index (χ1v) is 5.11. The molecule has 0 spiro atoms. The van der Waals surface area contributed by atoms with E-state index in [2.05, 4.69) is 26.9 Å². The van der Waals surface area contributed by atoms with E-state index in [0.717, 1.165) is 0 Å². The van der Waals surface area contributed by atoms with Gasteiger partial charge in [0.2, 0.25) is 5.91 Å². The van der Waals surface area contributed by atoms with Gasteiger partial charge < -0.3 is 15.8 Å². The number of rotatable bonds is 2. The molecule has 0 aliphatic heterocycles. The van der Waals surface area contributed by atoms with Crippen molar-refractivity contribution in [2.45, 2.75) is 6.92 Å². The lowest BCUT2D eigenvalue weighted by Gasteiger charge is -2.02. The van der Waals surface area contributed by atoms with Crippen LogP contribution in [-0.2, 0) is 9.53 Å². The number of carbonyl (C=O) groups is 2. The number of esters is 1. The molecule has 0 atom stereocenters. The minimum atomic E-state index is -0.564. The van der Waals surface area contributed by atoms with E-state index < -0.39 is 5.97 Å². The van der Waals surface area contributed by atoms with Crippen LogP contribution in [0.15, 0.2) is 12.3 Å². The summed E-state index contributed by atoms with van der Waals surface area (Å²) in [5.41, 5.74) is 6.24. The zero-order valence-electron chi connectivity index (χ0n) is 10.1. The van der Waals surface area contributed by atoms with Crippen molar-refractivity contribution in [3.8, 4) is 11.8 Å². The fourth-order valence-corrected chi connectivity index (χ4v) is 1.13. The monoisotopic (exact) mass is 247 g/mol. The Balaban J connectivity index is 2.85. The highest BCUT2D eigenvalue weighted by atomic mass is 16.5. The molecule has 3 N–H and O–H groups in total. The summed E-state index contributed by atoms with van der Waals surface area (Å²) in [6.45, 7) is 1.63. The van der Waals surface area contributed by atoms with Gasteiger partial charge in [-0.15, -0.1) is 0 Å². The third-order valence-corrected chi connectivity index (χ3v) is 1.98. The summed E-state index contributed by atoms with van der Waals surface area (Å²) in [6, 6.07) is 1.49. The number of amides is 1. The first-order valence-electron chi connectivity index (χ1n) is 5.11. The molecule has 0 saturated heterocycles. The summed E-state index contributed by atoms with van der Waals surface area (Å²) in [6.07, 6.45) is 1.45. The molecule has 0 aliphatic rings. The fraction of sp³-hybridized carbons (Fsp3) is 0.250. The van der Waals surface area contributed by atoms with Gasteiger partial charge >= 0.3 is 5.97 Å². The molecule has 1 aromatic rings. The molecule has 0 aromatic carbocycles. The van der Waals surface area contributed by atoms with Crippen molar-refractivity contribution in [1.82, 2.24) is 10.3 Å². The van der Waals surface area contributed by atoms with Crippen LogP contribution in [0, 0.1) is 11.8 Å². The Bertz CT molecular complexity index is 529. The third-order valence-electron chi connectivity index (χ3n) is 1.98. The number of carbonyl (C=O) groups excluding carboxylic acids is 2. The lowest BCUT2D eigenvalue weighted by Crippen LogP contribution is -2.19. The number of hydrogen-bond donors (Lipinski definition) is 2. The predicted octanol–water partition coefficient (Wildman–Crippen LogP) is -0.0620. The number of nitrogens with two attached hydrogens (primary N) is 1. The third kappa shape index (κ3) is 3.79. The molecule has 1 rings (SSSR count). The second-order valence-corrected chi connectivity index (χ2v) is 3.36. The van der Waals surface area contributed by atoms with Gasteiger partial charge in [-0.1, -0.05) is 11.8 Å². The summed E-state index contributed by atoms with van der Waals surface area (Å²) in [5, 5.41) is 2.53. The molecule has 1 amide bonds. The molecule has 0 unspecified atom stereocenters.